The minimum Gasteiger partial charge on any atom is -0.381 e. The summed E-state index contributed by atoms with van der Waals surface area (Å²) in [6.07, 6.45) is 3.55. The lowest BCUT2D eigenvalue weighted by atomic mass is 10.3. The summed E-state index contributed by atoms with van der Waals surface area (Å²) in [5, 5.41) is 3.06. The number of nitrogens with one attached hydrogen (secondary N) is 2. The van der Waals surface area contributed by atoms with Crippen molar-refractivity contribution in [3.05, 3.63) is 17.0 Å². The summed E-state index contributed by atoms with van der Waals surface area (Å²) in [7, 11) is 0.176. The van der Waals surface area contributed by atoms with Crippen LogP contribution in [0.3, 0.4) is 0 Å². The molecule has 2 rings (SSSR count). The summed E-state index contributed by atoms with van der Waals surface area (Å²) in [6, 6.07) is 3.58. The van der Waals surface area contributed by atoms with Crippen molar-refractivity contribution in [1.29, 1.82) is 0 Å². The minimum absolute atomic E-state index is 0.00666. The highest BCUT2D eigenvalue weighted by Gasteiger charge is 2.29. The van der Waals surface area contributed by atoms with Gasteiger partial charge in [-0.2, -0.15) is 0 Å². The van der Waals surface area contributed by atoms with Gasteiger partial charge in [-0.05, 0) is 51.4 Å². The van der Waals surface area contributed by atoms with Crippen molar-refractivity contribution in [2.24, 2.45) is 0 Å². The third-order valence-corrected chi connectivity index (χ3v) is 6.72. The standard InChI is InChI=1S/C13H22N2O3S2/c1-14-8-7-12-5-6-13(19-12)20(16,17)15-10-3-4-11(9-10)18-2/h5-6,10-11,14-15H,3-4,7-9H2,1-2H3. The fourth-order valence-corrected chi connectivity index (χ4v) is 5.08. The van der Waals surface area contributed by atoms with E-state index in [1.807, 2.05) is 13.1 Å². The molecule has 20 heavy (non-hydrogen) atoms. The first-order valence-corrected chi connectivity index (χ1v) is 9.13. The number of thiophene rings is 1. The lowest BCUT2D eigenvalue weighted by molar-refractivity contribution is 0.107. The van der Waals surface area contributed by atoms with Gasteiger partial charge in [-0.25, -0.2) is 13.1 Å². The van der Waals surface area contributed by atoms with Gasteiger partial charge in [-0.1, -0.05) is 0 Å². The predicted octanol–water partition coefficient (Wildman–Crippen LogP) is 1.36. The number of methoxy groups -OCH3 is 1. The molecule has 7 heteroatoms. The largest absolute Gasteiger partial charge is 0.381 e. The fourth-order valence-electron chi connectivity index (χ4n) is 2.42. The second-order valence-electron chi connectivity index (χ2n) is 5.06. The summed E-state index contributed by atoms with van der Waals surface area (Å²) >= 11 is 1.35. The molecule has 0 saturated heterocycles. The Morgan fingerprint density at radius 2 is 2.20 bits per heavy atom. The van der Waals surface area contributed by atoms with Crippen LogP contribution >= 0.6 is 11.3 Å². The highest BCUT2D eigenvalue weighted by Crippen LogP contribution is 2.26. The average molecular weight is 318 g/mol. The van der Waals surface area contributed by atoms with Crippen molar-refractivity contribution in [1.82, 2.24) is 10.0 Å². The van der Waals surface area contributed by atoms with Gasteiger partial charge in [-0.15, -0.1) is 11.3 Å². The van der Waals surface area contributed by atoms with Crippen LogP contribution in [0, 0.1) is 0 Å². The topological polar surface area (TPSA) is 67.4 Å². The molecule has 1 aromatic rings. The van der Waals surface area contributed by atoms with Crippen molar-refractivity contribution in [2.45, 2.75) is 42.0 Å². The Bertz CT molecular complexity index is 527. The molecule has 0 bridgehead atoms. The SMILES string of the molecule is CNCCc1ccc(S(=O)(=O)NC2CCC(OC)C2)s1. The Morgan fingerprint density at radius 3 is 2.85 bits per heavy atom. The van der Waals surface area contributed by atoms with Crippen LogP contribution in [0.5, 0.6) is 0 Å². The highest BCUT2D eigenvalue weighted by molar-refractivity contribution is 7.91. The predicted molar refractivity (Wildman–Crippen MR) is 80.7 cm³/mol. The Balaban J connectivity index is 1.98. The first-order chi connectivity index (χ1) is 9.55. The quantitative estimate of drug-likeness (QED) is 0.796. The van der Waals surface area contributed by atoms with E-state index in [2.05, 4.69) is 10.0 Å². The zero-order valence-corrected chi connectivity index (χ0v) is 13.5. The van der Waals surface area contributed by atoms with Gasteiger partial charge >= 0.3 is 0 Å². The molecule has 1 aliphatic carbocycles. The van der Waals surface area contributed by atoms with E-state index in [0.717, 1.165) is 37.1 Å². The third kappa shape index (κ3) is 4.02. The molecule has 0 amide bonds. The van der Waals surface area contributed by atoms with Crippen LogP contribution in [0.15, 0.2) is 16.3 Å². The average Bonchev–Trinajstić information content (AvgIpc) is 3.04. The molecule has 1 aliphatic rings. The van der Waals surface area contributed by atoms with Crippen molar-refractivity contribution >= 4 is 21.4 Å². The maximum absolute atomic E-state index is 12.3. The monoisotopic (exact) mass is 318 g/mol. The van der Waals surface area contributed by atoms with Crippen molar-refractivity contribution in [3.8, 4) is 0 Å². The second kappa shape index (κ2) is 7.00. The Labute approximate surface area is 124 Å². The summed E-state index contributed by atoms with van der Waals surface area (Å²) < 4.78 is 33.1. The van der Waals surface area contributed by atoms with Gasteiger partial charge in [0, 0.05) is 18.0 Å². The minimum atomic E-state index is -3.39. The number of hydrogen-bond acceptors (Lipinski definition) is 5. The Morgan fingerprint density at radius 1 is 1.40 bits per heavy atom. The van der Waals surface area contributed by atoms with E-state index in [-0.39, 0.29) is 12.1 Å². The van der Waals surface area contributed by atoms with Gasteiger partial charge in [0.1, 0.15) is 4.21 Å². The highest BCUT2D eigenvalue weighted by atomic mass is 32.2. The van der Waals surface area contributed by atoms with E-state index in [0.29, 0.717) is 4.21 Å². The lowest BCUT2D eigenvalue weighted by Gasteiger charge is -2.12. The smallest absolute Gasteiger partial charge is 0.250 e. The van der Waals surface area contributed by atoms with Crippen molar-refractivity contribution in [3.63, 3.8) is 0 Å². The number of ether oxygens (including phenoxy) is 1. The third-order valence-electron chi connectivity index (χ3n) is 3.56. The summed E-state index contributed by atoms with van der Waals surface area (Å²) in [6.45, 7) is 0.853. The van der Waals surface area contributed by atoms with Crippen LogP contribution in [0.1, 0.15) is 24.1 Å². The number of sulfonamides is 1. The van der Waals surface area contributed by atoms with E-state index in [1.165, 1.54) is 11.3 Å². The van der Waals surface area contributed by atoms with E-state index in [9.17, 15) is 8.42 Å². The molecule has 1 aromatic heterocycles. The summed E-state index contributed by atoms with van der Waals surface area (Å²) in [4.78, 5) is 1.08. The molecule has 1 fully saturated rings. The van der Waals surface area contributed by atoms with Gasteiger partial charge in [0.2, 0.25) is 10.0 Å². The zero-order valence-electron chi connectivity index (χ0n) is 11.9. The lowest BCUT2D eigenvalue weighted by Crippen LogP contribution is -2.32. The van der Waals surface area contributed by atoms with E-state index in [4.69, 9.17) is 4.74 Å². The molecule has 0 aromatic carbocycles. The van der Waals surface area contributed by atoms with E-state index >= 15 is 0 Å². The van der Waals surface area contributed by atoms with Crippen LogP contribution < -0.4 is 10.0 Å². The normalized spacial score (nSPS) is 23.3. The molecule has 5 nitrogen and oxygen atoms in total. The van der Waals surface area contributed by atoms with Gasteiger partial charge in [0.15, 0.2) is 0 Å². The maximum Gasteiger partial charge on any atom is 0.250 e. The Kier molecular flexibility index (Phi) is 5.57. The van der Waals surface area contributed by atoms with Crippen LogP contribution in [0.2, 0.25) is 0 Å². The molecular weight excluding hydrogens is 296 g/mol. The molecule has 0 aliphatic heterocycles. The van der Waals surface area contributed by atoms with Gasteiger partial charge in [0.05, 0.1) is 6.10 Å². The van der Waals surface area contributed by atoms with Crippen molar-refractivity contribution < 1.29 is 13.2 Å². The van der Waals surface area contributed by atoms with E-state index in [1.54, 1.807) is 13.2 Å². The van der Waals surface area contributed by atoms with Gasteiger partial charge in [0.25, 0.3) is 0 Å². The second-order valence-corrected chi connectivity index (χ2v) is 8.17. The fraction of sp³-hybridized carbons (Fsp3) is 0.692. The first-order valence-electron chi connectivity index (χ1n) is 6.83. The van der Waals surface area contributed by atoms with Crippen LogP contribution in [-0.4, -0.2) is 41.3 Å². The number of rotatable bonds is 7. The van der Waals surface area contributed by atoms with Crippen LogP contribution in [0.25, 0.3) is 0 Å². The number of likely N-dealkylation sites (N-methyl/N-ethyl adjacent to an activating group) is 1. The van der Waals surface area contributed by atoms with Crippen molar-refractivity contribution in [2.75, 3.05) is 20.7 Å². The first kappa shape index (κ1) is 15.9. The molecule has 0 spiro atoms. The Hall–Kier alpha value is -0.470. The molecule has 2 unspecified atom stereocenters. The molecular formula is C13H22N2O3S2. The number of hydrogen-bond donors (Lipinski definition) is 2. The molecule has 2 atom stereocenters. The molecule has 1 saturated carbocycles. The molecule has 0 radical (unpaired) electrons. The van der Waals surface area contributed by atoms with Crippen LogP contribution in [0.4, 0.5) is 0 Å². The van der Waals surface area contributed by atoms with Crippen LogP contribution in [-0.2, 0) is 21.2 Å². The zero-order chi connectivity index (χ0) is 14.6. The molecule has 2 N–H and O–H groups in total. The molecule has 1 heterocycles. The maximum atomic E-state index is 12.3. The van der Waals surface area contributed by atoms with Gasteiger partial charge < -0.3 is 10.1 Å². The van der Waals surface area contributed by atoms with E-state index < -0.39 is 10.0 Å². The van der Waals surface area contributed by atoms with Gasteiger partial charge in [-0.3, -0.25) is 0 Å². The summed E-state index contributed by atoms with van der Waals surface area (Å²) in [5.74, 6) is 0. The molecule has 114 valence electrons. The summed E-state index contributed by atoms with van der Waals surface area (Å²) in [5.41, 5.74) is 0.